The Morgan fingerprint density at radius 2 is 1.91 bits per heavy atom. The third-order valence-corrected chi connectivity index (χ3v) is 3.94. The lowest BCUT2D eigenvalue weighted by atomic mass is 10.2. The van der Waals surface area contributed by atoms with Crippen molar-refractivity contribution in [3.63, 3.8) is 0 Å². The van der Waals surface area contributed by atoms with Crippen LogP contribution in [0.2, 0.25) is 5.02 Å². The zero-order valence-corrected chi connectivity index (χ0v) is 13.7. The van der Waals surface area contributed by atoms with Gasteiger partial charge >= 0.3 is 0 Å². The molecule has 3 nitrogen and oxygen atoms in total. The zero-order valence-electron chi connectivity index (χ0n) is 13.0. The maximum atomic E-state index is 12.1. The largest absolute Gasteiger partial charge is 0.384 e. The second-order valence-corrected chi connectivity index (χ2v) is 5.78. The molecular weight excluding hydrogens is 296 g/mol. The SMILES string of the molecule is Cc1ccc(NCCC(=O)N(C)Cc2ccccc2)cc1Cl. The molecule has 0 heterocycles. The minimum absolute atomic E-state index is 0.120. The molecule has 0 bridgehead atoms. The number of carbonyl (C=O) groups is 1. The molecule has 2 rings (SSSR count). The van der Waals surface area contributed by atoms with E-state index in [1.807, 2.05) is 62.5 Å². The number of anilines is 1. The number of nitrogens with zero attached hydrogens (tertiary/aromatic N) is 1. The summed E-state index contributed by atoms with van der Waals surface area (Å²) in [5.41, 5.74) is 3.12. The fraction of sp³-hybridized carbons (Fsp3) is 0.278. The van der Waals surface area contributed by atoms with Gasteiger partial charge in [0.25, 0.3) is 0 Å². The summed E-state index contributed by atoms with van der Waals surface area (Å²) in [5.74, 6) is 0.120. The monoisotopic (exact) mass is 316 g/mol. The second kappa shape index (κ2) is 7.85. The fourth-order valence-corrected chi connectivity index (χ4v) is 2.33. The van der Waals surface area contributed by atoms with Gasteiger partial charge in [0.1, 0.15) is 0 Å². The predicted molar refractivity (Wildman–Crippen MR) is 92.2 cm³/mol. The third-order valence-electron chi connectivity index (χ3n) is 3.53. The first-order valence-electron chi connectivity index (χ1n) is 7.34. The lowest BCUT2D eigenvalue weighted by Gasteiger charge is -2.17. The maximum Gasteiger partial charge on any atom is 0.224 e. The quantitative estimate of drug-likeness (QED) is 0.870. The van der Waals surface area contributed by atoms with Crippen LogP contribution < -0.4 is 5.32 Å². The van der Waals surface area contributed by atoms with E-state index < -0.39 is 0 Å². The van der Waals surface area contributed by atoms with E-state index in [2.05, 4.69) is 5.32 Å². The lowest BCUT2D eigenvalue weighted by Crippen LogP contribution is -2.27. The number of nitrogens with one attached hydrogen (secondary N) is 1. The minimum Gasteiger partial charge on any atom is -0.384 e. The minimum atomic E-state index is 0.120. The molecule has 0 aromatic heterocycles. The molecule has 0 aliphatic carbocycles. The van der Waals surface area contributed by atoms with Gasteiger partial charge in [0.2, 0.25) is 5.91 Å². The third kappa shape index (κ3) is 4.78. The molecule has 0 fully saturated rings. The van der Waals surface area contributed by atoms with E-state index >= 15 is 0 Å². The summed E-state index contributed by atoms with van der Waals surface area (Å²) in [6.07, 6.45) is 0.453. The summed E-state index contributed by atoms with van der Waals surface area (Å²) < 4.78 is 0. The van der Waals surface area contributed by atoms with Crippen LogP contribution in [-0.2, 0) is 11.3 Å². The number of aryl methyl sites for hydroxylation is 1. The van der Waals surface area contributed by atoms with Crippen molar-refractivity contribution in [3.05, 3.63) is 64.7 Å². The van der Waals surface area contributed by atoms with Crippen LogP contribution in [0.3, 0.4) is 0 Å². The predicted octanol–water partition coefficient (Wildman–Crippen LogP) is 4.11. The first-order chi connectivity index (χ1) is 10.6. The van der Waals surface area contributed by atoms with Crippen molar-refractivity contribution in [1.29, 1.82) is 0 Å². The van der Waals surface area contributed by atoms with Crippen LogP contribution in [0, 0.1) is 6.92 Å². The van der Waals surface area contributed by atoms with Crippen molar-refractivity contribution in [1.82, 2.24) is 4.90 Å². The Balaban J connectivity index is 1.78. The molecule has 0 saturated carbocycles. The highest BCUT2D eigenvalue weighted by molar-refractivity contribution is 6.31. The van der Waals surface area contributed by atoms with Gasteiger partial charge in [-0.05, 0) is 30.2 Å². The number of carbonyl (C=O) groups excluding carboxylic acids is 1. The summed E-state index contributed by atoms with van der Waals surface area (Å²) >= 11 is 6.08. The van der Waals surface area contributed by atoms with Gasteiger partial charge in [-0.15, -0.1) is 0 Å². The number of rotatable bonds is 6. The summed E-state index contributed by atoms with van der Waals surface area (Å²) in [7, 11) is 1.83. The fourth-order valence-electron chi connectivity index (χ4n) is 2.15. The average molecular weight is 317 g/mol. The van der Waals surface area contributed by atoms with E-state index in [0.717, 1.165) is 21.8 Å². The van der Waals surface area contributed by atoms with Gasteiger partial charge in [0.15, 0.2) is 0 Å². The van der Waals surface area contributed by atoms with Gasteiger partial charge < -0.3 is 10.2 Å². The smallest absolute Gasteiger partial charge is 0.224 e. The van der Waals surface area contributed by atoms with Crippen molar-refractivity contribution < 1.29 is 4.79 Å². The molecule has 0 radical (unpaired) electrons. The number of hydrogen-bond donors (Lipinski definition) is 1. The second-order valence-electron chi connectivity index (χ2n) is 5.38. The zero-order chi connectivity index (χ0) is 15.9. The molecule has 22 heavy (non-hydrogen) atoms. The van der Waals surface area contributed by atoms with E-state index in [0.29, 0.717) is 19.5 Å². The molecule has 4 heteroatoms. The van der Waals surface area contributed by atoms with Crippen LogP contribution in [0.1, 0.15) is 17.5 Å². The number of halogens is 1. The van der Waals surface area contributed by atoms with E-state index in [9.17, 15) is 4.79 Å². The normalized spacial score (nSPS) is 10.3. The highest BCUT2D eigenvalue weighted by Gasteiger charge is 2.08. The molecule has 0 atom stereocenters. The Kier molecular flexibility index (Phi) is 5.84. The maximum absolute atomic E-state index is 12.1. The summed E-state index contributed by atoms with van der Waals surface area (Å²) in [4.78, 5) is 13.9. The van der Waals surface area contributed by atoms with Crippen molar-refractivity contribution in [3.8, 4) is 0 Å². The van der Waals surface area contributed by atoms with Gasteiger partial charge in [-0.25, -0.2) is 0 Å². The average Bonchev–Trinajstić information content (AvgIpc) is 2.51. The van der Waals surface area contributed by atoms with E-state index in [1.165, 1.54) is 0 Å². The van der Waals surface area contributed by atoms with Crippen molar-refractivity contribution in [2.24, 2.45) is 0 Å². The van der Waals surface area contributed by atoms with Crippen LogP contribution in [0.15, 0.2) is 48.5 Å². The molecular formula is C18H21ClN2O. The van der Waals surface area contributed by atoms with Gasteiger partial charge in [-0.2, -0.15) is 0 Å². The van der Waals surface area contributed by atoms with Crippen LogP contribution in [0.4, 0.5) is 5.69 Å². The number of benzene rings is 2. The molecule has 116 valence electrons. The molecule has 0 aliphatic rings. The van der Waals surface area contributed by atoms with Crippen LogP contribution in [-0.4, -0.2) is 24.4 Å². The van der Waals surface area contributed by atoms with Crippen molar-refractivity contribution in [2.75, 3.05) is 18.9 Å². The van der Waals surface area contributed by atoms with Crippen molar-refractivity contribution >= 4 is 23.2 Å². The summed E-state index contributed by atoms with van der Waals surface area (Å²) in [6, 6.07) is 15.8. The summed E-state index contributed by atoms with van der Waals surface area (Å²) in [6.45, 7) is 3.20. The van der Waals surface area contributed by atoms with Crippen molar-refractivity contribution in [2.45, 2.75) is 19.9 Å². The molecule has 0 unspecified atom stereocenters. The van der Waals surface area contributed by atoms with Gasteiger partial charge in [-0.1, -0.05) is 48.0 Å². The van der Waals surface area contributed by atoms with Gasteiger partial charge in [0.05, 0.1) is 0 Å². The standard InChI is InChI=1S/C18H21ClN2O/c1-14-8-9-16(12-17(14)19)20-11-10-18(22)21(2)13-15-6-4-3-5-7-15/h3-9,12,20H,10-11,13H2,1-2H3. The van der Waals surface area contributed by atoms with E-state index in [1.54, 1.807) is 4.90 Å². The Morgan fingerprint density at radius 3 is 2.59 bits per heavy atom. The van der Waals surface area contributed by atoms with Gasteiger partial charge in [0, 0.05) is 37.3 Å². The Hall–Kier alpha value is -2.00. The molecule has 1 amide bonds. The van der Waals surface area contributed by atoms with Gasteiger partial charge in [-0.3, -0.25) is 4.79 Å². The molecule has 0 aliphatic heterocycles. The van der Waals surface area contributed by atoms with E-state index in [-0.39, 0.29) is 5.91 Å². The lowest BCUT2D eigenvalue weighted by molar-refractivity contribution is -0.130. The topological polar surface area (TPSA) is 32.3 Å². The molecule has 0 saturated heterocycles. The number of hydrogen-bond acceptors (Lipinski definition) is 2. The highest BCUT2D eigenvalue weighted by Crippen LogP contribution is 2.19. The number of amides is 1. The molecule has 2 aromatic carbocycles. The Morgan fingerprint density at radius 1 is 1.18 bits per heavy atom. The molecule has 1 N–H and O–H groups in total. The Labute approximate surface area is 136 Å². The molecule has 0 spiro atoms. The van der Waals surface area contributed by atoms with Crippen LogP contribution in [0.5, 0.6) is 0 Å². The first kappa shape index (κ1) is 16.4. The highest BCUT2D eigenvalue weighted by atomic mass is 35.5. The van der Waals surface area contributed by atoms with Crippen LogP contribution in [0.25, 0.3) is 0 Å². The van der Waals surface area contributed by atoms with E-state index in [4.69, 9.17) is 11.6 Å². The molecule has 2 aromatic rings. The summed E-state index contributed by atoms with van der Waals surface area (Å²) in [5, 5.41) is 3.96. The first-order valence-corrected chi connectivity index (χ1v) is 7.72. The van der Waals surface area contributed by atoms with Crippen LogP contribution >= 0.6 is 11.6 Å². The Bertz CT molecular complexity index is 628.